The molecule has 0 bridgehead atoms. The molecule has 0 amide bonds. The van der Waals surface area contributed by atoms with Gasteiger partial charge < -0.3 is 19.7 Å². The third-order valence-corrected chi connectivity index (χ3v) is 6.95. The fraction of sp³-hybridized carbons (Fsp3) is 0.871. The van der Waals surface area contributed by atoms with Crippen molar-refractivity contribution in [2.75, 3.05) is 6.61 Å². The number of aliphatic carboxylic acids is 1. The van der Waals surface area contributed by atoms with Crippen LogP contribution >= 0.6 is 0 Å². The number of hydrogen-bond donors (Lipinski definition) is 2. The Morgan fingerprint density at radius 3 is 1.41 bits per heavy atom. The van der Waals surface area contributed by atoms with Crippen LogP contribution in [0.5, 0.6) is 0 Å². The van der Waals surface area contributed by atoms with E-state index in [1.54, 1.807) is 0 Å². The minimum atomic E-state index is -2.57. The van der Waals surface area contributed by atoms with Crippen LogP contribution in [-0.2, 0) is 28.7 Å². The number of carboxylic acids is 1. The van der Waals surface area contributed by atoms with E-state index in [-0.39, 0.29) is 13.0 Å². The highest BCUT2D eigenvalue weighted by molar-refractivity contribution is 5.92. The van der Waals surface area contributed by atoms with Crippen molar-refractivity contribution in [3.05, 3.63) is 0 Å². The summed E-state index contributed by atoms with van der Waals surface area (Å²) in [5.41, 5.74) is -2.57. The van der Waals surface area contributed by atoms with Gasteiger partial charge >= 0.3 is 23.9 Å². The number of unbranched alkanes of at least 4 members (excludes halogenated alkanes) is 18. The van der Waals surface area contributed by atoms with Crippen molar-refractivity contribution in [1.82, 2.24) is 0 Å². The second kappa shape index (κ2) is 25.0. The van der Waals surface area contributed by atoms with E-state index in [1.165, 1.54) is 70.6 Å². The second-order valence-electron chi connectivity index (χ2n) is 10.9. The first-order valence-electron chi connectivity index (χ1n) is 15.6. The molecule has 0 aliphatic carbocycles. The van der Waals surface area contributed by atoms with E-state index in [0.717, 1.165) is 44.9 Å². The van der Waals surface area contributed by atoms with Crippen molar-refractivity contribution in [1.29, 1.82) is 0 Å². The second-order valence-corrected chi connectivity index (χ2v) is 10.9. The first-order valence-corrected chi connectivity index (χ1v) is 15.6. The van der Waals surface area contributed by atoms with Crippen LogP contribution in [0, 0.1) is 0 Å². The molecule has 0 aliphatic rings. The highest BCUT2D eigenvalue weighted by atomic mass is 16.6. The number of carbonyl (C=O) groups is 4. The lowest BCUT2D eigenvalue weighted by Gasteiger charge is -2.23. The molecule has 0 aliphatic heterocycles. The molecule has 0 saturated heterocycles. The Hall–Kier alpha value is -1.96. The Labute approximate surface area is 236 Å². The van der Waals surface area contributed by atoms with E-state index in [1.807, 2.05) is 0 Å². The molecular formula is C31H56O8. The van der Waals surface area contributed by atoms with Gasteiger partial charge in [0.05, 0.1) is 19.4 Å². The highest BCUT2D eigenvalue weighted by Crippen LogP contribution is 2.20. The van der Waals surface area contributed by atoms with Gasteiger partial charge in [-0.1, -0.05) is 129 Å². The first-order chi connectivity index (χ1) is 18.7. The van der Waals surface area contributed by atoms with Crippen molar-refractivity contribution in [3.63, 3.8) is 0 Å². The fourth-order valence-corrected chi connectivity index (χ4v) is 4.56. The van der Waals surface area contributed by atoms with Crippen LogP contribution in [-0.4, -0.2) is 46.3 Å². The van der Waals surface area contributed by atoms with Gasteiger partial charge in [0.2, 0.25) is 0 Å². The number of hydrogen-bond acceptors (Lipinski definition) is 7. The summed E-state index contributed by atoms with van der Waals surface area (Å²) < 4.78 is 9.77. The maximum atomic E-state index is 12.4. The smallest absolute Gasteiger partial charge is 0.339 e. The van der Waals surface area contributed by atoms with Crippen molar-refractivity contribution >= 4 is 23.9 Å². The van der Waals surface area contributed by atoms with Gasteiger partial charge in [-0.25, -0.2) is 4.79 Å². The largest absolute Gasteiger partial charge is 0.481 e. The van der Waals surface area contributed by atoms with Gasteiger partial charge in [0.25, 0.3) is 0 Å². The molecule has 0 heterocycles. The number of rotatable bonds is 27. The van der Waals surface area contributed by atoms with Crippen LogP contribution < -0.4 is 0 Å². The zero-order chi connectivity index (χ0) is 29.2. The summed E-state index contributed by atoms with van der Waals surface area (Å²) in [5.74, 6) is -4.53. The number of esters is 3. The maximum absolute atomic E-state index is 12.4. The van der Waals surface area contributed by atoms with Crippen LogP contribution in [0.2, 0.25) is 0 Å². The lowest BCUT2D eigenvalue weighted by atomic mass is 9.95. The average Bonchev–Trinajstić information content (AvgIpc) is 2.87. The number of aliphatic hydroxyl groups is 1. The molecular weight excluding hydrogens is 500 g/mol. The van der Waals surface area contributed by atoms with E-state index >= 15 is 0 Å². The molecule has 8 nitrogen and oxygen atoms in total. The Bertz CT molecular complexity index is 663. The maximum Gasteiger partial charge on any atom is 0.339 e. The number of carboxylic acid groups (broad SMARTS) is 1. The summed E-state index contributed by atoms with van der Waals surface area (Å²) >= 11 is 0. The van der Waals surface area contributed by atoms with E-state index < -0.39 is 42.3 Å². The van der Waals surface area contributed by atoms with Crippen molar-refractivity contribution in [2.24, 2.45) is 0 Å². The highest BCUT2D eigenvalue weighted by Gasteiger charge is 2.43. The number of carbonyl (C=O) groups excluding carboxylic acids is 3. The standard InChI is InChI=1S/C31H56O8/c1-3-5-7-9-10-11-12-13-14-15-16-17-18-20-22-24-38-30(36)31(37,25-27(32)33)26-29(35)39-28(34)23-21-19-8-6-4-2/h37H,3-26H2,1-2H3,(H,32,33). The van der Waals surface area contributed by atoms with E-state index in [2.05, 4.69) is 18.6 Å². The molecule has 8 heteroatoms. The van der Waals surface area contributed by atoms with Crippen LogP contribution in [0.15, 0.2) is 0 Å². The zero-order valence-corrected chi connectivity index (χ0v) is 24.8. The molecule has 0 aromatic rings. The summed E-state index contributed by atoms with van der Waals surface area (Å²) in [7, 11) is 0. The average molecular weight is 557 g/mol. The minimum absolute atomic E-state index is 0.0325. The normalized spacial score (nSPS) is 12.6. The first kappa shape index (κ1) is 37.0. The van der Waals surface area contributed by atoms with Crippen molar-refractivity contribution in [2.45, 2.75) is 167 Å². The molecule has 0 saturated carbocycles. The lowest BCUT2D eigenvalue weighted by molar-refractivity contribution is -0.178. The molecule has 2 N–H and O–H groups in total. The fourth-order valence-electron chi connectivity index (χ4n) is 4.56. The van der Waals surface area contributed by atoms with Gasteiger partial charge in [-0.05, 0) is 12.8 Å². The third kappa shape index (κ3) is 22.5. The molecule has 1 unspecified atom stereocenters. The minimum Gasteiger partial charge on any atom is -0.481 e. The quantitative estimate of drug-likeness (QED) is 0.0607. The van der Waals surface area contributed by atoms with E-state index in [0.29, 0.717) is 12.8 Å². The Morgan fingerprint density at radius 2 is 0.974 bits per heavy atom. The predicted molar refractivity (Wildman–Crippen MR) is 152 cm³/mol. The lowest BCUT2D eigenvalue weighted by Crippen LogP contribution is -2.44. The van der Waals surface area contributed by atoms with Gasteiger partial charge in [0, 0.05) is 6.42 Å². The van der Waals surface area contributed by atoms with Gasteiger partial charge in [-0.3, -0.25) is 14.4 Å². The van der Waals surface area contributed by atoms with Gasteiger partial charge in [-0.2, -0.15) is 0 Å². The molecule has 39 heavy (non-hydrogen) atoms. The van der Waals surface area contributed by atoms with Crippen LogP contribution in [0.25, 0.3) is 0 Å². The summed E-state index contributed by atoms with van der Waals surface area (Å²) in [5, 5.41) is 19.7. The topological polar surface area (TPSA) is 127 Å². The third-order valence-electron chi connectivity index (χ3n) is 6.95. The molecule has 0 rings (SSSR count). The van der Waals surface area contributed by atoms with Crippen LogP contribution in [0.1, 0.15) is 162 Å². The molecule has 0 spiro atoms. The molecule has 0 fully saturated rings. The molecule has 0 radical (unpaired) electrons. The Balaban J connectivity index is 4.05. The number of ether oxygens (including phenoxy) is 2. The molecule has 228 valence electrons. The van der Waals surface area contributed by atoms with Gasteiger partial charge in [-0.15, -0.1) is 0 Å². The Morgan fingerprint density at radius 1 is 0.564 bits per heavy atom. The van der Waals surface area contributed by atoms with Gasteiger partial charge in [0.1, 0.15) is 0 Å². The van der Waals surface area contributed by atoms with Crippen molar-refractivity contribution < 1.29 is 38.9 Å². The predicted octanol–water partition coefficient (Wildman–Crippen LogP) is 7.43. The van der Waals surface area contributed by atoms with Crippen LogP contribution in [0.4, 0.5) is 0 Å². The molecule has 0 aromatic carbocycles. The molecule has 0 aromatic heterocycles. The summed E-state index contributed by atoms with van der Waals surface area (Å²) in [6, 6.07) is 0. The summed E-state index contributed by atoms with van der Waals surface area (Å²) in [6.45, 7) is 4.35. The van der Waals surface area contributed by atoms with Crippen molar-refractivity contribution in [3.8, 4) is 0 Å². The zero-order valence-electron chi connectivity index (χ0n) is 24.8. The Kier molecular flexibility index (Phi) is 23.8. The monoisotopic (exact) mass is 556 g/mol. The molecule has 1 atom stereocenters. The SMILES string of the molecule is CCCCCCCCCCCCCCCCCOC(=O)C(O)(CC(=O)O)CC(=O)OC(=O)CCCCCCC. The summed E-state index contributed by atoms with van der Waals surface area (Å²) in [6.07, 6.45) is 20.7. The van der Waals surface area contributed by atoms with Crippen LogP contribution in [0.3, 0.4) is 0 Å². The van der Waals surface area contributed by atoms with E-state index in [4.69, 9.17) is 9.84 Å². The van der Waals surface area contributed by atoms with E-state index in [9.17, 15) is 24.3 Å². The summed E-state index contributed by atoms with van der Waals surface area (Å²) in [4.78, 5) is 47.6. The van der Waals surface area contributed by atoms with Gasteiger partial charge in [0.15, 0.2) is 5.60 Å².